The number of likely N-dealkylation sites (tertiary alicyclic amines) is 1. The van der Waals surface area contributed by atoms with Gasteiger partial charge in [-0.1, -0.05) is 23.7 Å². The van der Waals surface area contributed by atoms with Crippen LogP contribution >= 0.6 is 22.9 Å². The van der Waals surface area contributed by atoms with Gasteiger partial charge in [0, 0.05) is 30.1 Å². The molecule has 176 valence electrons. The first-order chi connectivity index (χ1) is 16.4. The van der Waals surface area contributed by atoms with Gasteiger partial charge in [0.2, 0.25) is 0 Å². The molecule has 2 amide bonds. The Labute approximate surface area is 204 Å². The van der Waals surface area contributed by atoms with Crippen LogP contribution in [0.5, 0.6) is 0 Å². The molecule has 3 aromatic rings. The molecule has 0 aliphatic carbocycles. The van der Waals surface area contributed by atoms with Crippen molar-refractivity contribution in [2.75, 3.05) is 25.5 Å². The Morgan fingerprint density at radius 2 is 1.91 bits per heavy atom. The van der Waals surface area contributed by atoms with E-state index in [0.717, 1.165) is 5.01 Å². The highest BCUT2D eigenvalue weighted by molar-refractivity contribution is 7.10. The second-order valence-electron chi connectivity index (χ2n) is 7.76. The fraction of sp³-hybridized carbons (Fsp3) is 0.250. The summed E-state index contributed by atoms with van der Waals surface area (Å²) in [4.78, 5) is 43.1. The van der Waals surface area contributed by atoms with Crippen LogP contribution in [0.1, 0.15) is 55.0 Å². The number of carbonyl (C=O) groups excluding carboxylic acids is 3. The molecule has 10 heteroatoms. The summed E-state index contributed by atoms with van der Waals surface area (Å²) in [6.45, 7) is 0.880. The number of esters is 1. The predicted octanol–water partition coefficient (Wildman–Crippen LogP) is 4.99. The van der Waals surface area contributed by atoms with E-state index in [4.69, 9.17) is 16.3 Å². The van der Waals surface area contributed by atoms with Gasteiger partial charge in [-0.25, -0.2) is 14.2 Å². The van der Waals surface area contributed by atoms with E-state index in [9.17, 15) is 18.8 Å². The number of nitrogens with zero attached hydrogens (tertiary/aromatic N) is 2. The lowest BCUT2D eigenvalue weighted by Crippen LogP contribution is -2.38. The Balaban J connectivity index is 1.37. The van der Waals surface area contributed by atoms with E-state index in [0.29, 0.717) is 37.2 Å². The average molecular weight is 502 g/mol. The van der Waals surface area contributed by atoms with Gasteiger partial charge in [0.15, 0.2) is 0 Å². The van der Waals surface area contributed by atoms with E-state index in [1.165, 1.54) is 42.7 Å². The molecule has 1 aromatic heterocycles. The van der Waals surface area contributed by atoms with Crippen LogP contribution in [0.25, 0.3) is 0 Å². The van der Waals surface area contributed by atoms with E-state index in [1.54, 1.807) is 28.5 Å². The summed E-state index contributed by atoms with van der Waals surface area (Å²) < 4.78 is 18.8. The largest absolute Gasteiger partial charge is 0.465 e. The summed E-state index contributed by atoms with van der Waals surface area (Å²) >= 11 is 7.42. The Kier molecular flexibility index (Phi) is 7.23. The smallest absolute Gasteiger partial charge is 0.337 e. The average Bonchev–Trinajstić information content (AvgIpc) is 3.34. The third-order valence-electron chi connectivity index (χ3n) is 5.60. The van der Waals surface area contributed by atoms with Gasteiger partial charge in [0.25, 0.3) is 11.8 Å². The van der Waals surface area contributed by atoms with Crippen molar-refractivity contribution in [2.24, 2.45) is 0 Å². The number of piperidine rings is 1. The monoisotopic (exact) mass is 501 g/mol. The number of carbonyl (C=O) groups is 3. The molecule has 0 atom stereocenters. The van der Waals surface area contributed by atoms with Crippen molar-refractivity contribution in [1.82, 2.24) is 9.88 Å². The zero-order valence-electron chi connectivity index (χ0n) is 18.2. The van der Waals surface area contributed by atoms with Crippen molar-refractivity contribution in [2.45, 2.75) is 18.8 Å². The lowest BCUT2D eigenvalue weighted by atomic mass is 9.97. The molecule has 1 saturated heterocycles. The van der Waals surface area contributed by atoms with Crippen molar-refractivity contribution in [1.29, 1.82) is 0 Å². The highest BCUT2D eigenvalue weighted by Gasteiger charge is 2.29. The normalized spacial score (nSPS) is 14.0. The lowest BCUT2D eigenvalue weighted by Gasteiger charge is -2.31. The first-order valence-electron chi connectivity index (χ1n) is 10.6. The van der Waals surface area contributed by atoms with E-state index in [1.807, 2.05) is 0 Å². The summed E-state index contributed by atoms with van der Waals surface area (Å²) in [5.41, 5.74) is 0.963. The summed E-state index contributed by atoms with van der Waals surface area (Å²) in [7, 11) is 1.29. The topological polar surface area (TPSA) is 88.6 Å². The highest BCUT2D eigenvalue weighted by Crippen LogP contribution is 2.32. The third-order valence-corrected chi connectivity index (χ3v) is 6.93. The second kappa shape index (κ2) is 10.3. The first kappa shape index (κ1) is 23.8. The number of methoxy groups -OCH3 is 1. The number of hydrogen-bond donors (Lipinski definition) is 1. The minimum absolute atomic E-state index is 0.0920. The van der Waals surface area contributed by atoms with Crippen LogP contribution in [0.4, 0.5) is 10.1 Å². The van der Waals surface area contributed by atoms with Gasteiger partial charge >= 0.3 is 5.97 Å². The quantitative estimate of drug-likeness (QED) is 0.497. The molecule has 1 aliphatic rings. The van der Waals surface area contributed by atoms with E-state index < -0.39 is 17.7 Å². The molecule has 0 saturated carbocycles. The Bertz CT molecular complexity index is 1220. The zero-order chi connectivity index (χ0) is 24.2. The molecule has 0 unspecified atom stereocenters. The Hall–Kier alpha value is -3.30. The summed E-state index contributed by atoms with van der Waals surface area (Å²) in [6.07, 6.45) is 1.29. The number of hydrogen-bond acceptors (Lipinski definition) is 6. The number of aromatic nitrogens is 1. The van der Waals surface area contributed by atoms with Gasteiger partial charge < -0.3 is 15.0 Å². The number of nitrogens with one attached hydrogen (secondary N) is 1. The number of anilines is 1. The maximum Gasteiger partial charge on any atom is 0.337 e. The molecule has 0 bridgehead atoms. The second-order valence-corrected chi connectivity index (χ2v) is 9.06. The van der Waals surface area contributed by atoms with Crippen LogP contribution in [-0.2, 0) is 4.74 Å². The van der Waals surface area contributed by atoms with Crippen molar-refractivity contribution >= 4 is 46.4 Å². The summed E-state index contributed by atoms with van der Waals surface area (Å²) in [6, 6.07) is 10.6. The fourth-order valence-electron chi connectivity index (χ4n) is 3.81. The van der Waals surface area contributed by atoms with Crippen LogP contribution in [-0.4, -0.2) is 47.9 Å². The number of benzene rings is 2. The maximum absolute atomic E-state index is 14.1. The van der Waals surface area contributed by atoms with Crippen molar-refractivity contribution < 1.29 is 23.5 Å². The molecule has 2 heterocycles. The van der Waals surface area contributed by atoms with Crippen LogP contribution < -0.4 is 5.32 Å². The standard InChI is InChI=1S/C24H21ClFN3O4S/c1-33-24(32)15-4-2-5-16(12-15)27-21(30)19-13-34-22(28-19)14-8-10-29(11-9-14)23(31)20-17(25)6-3-7-18(20)26/h2-7,12-14H,8-11H2,1H3,(H,27,30). The first-order valence-corrected chi connectivity index (χ1v) is 11.8. The van der Waals surface area contributed by atoms with E-state index in [2.05, 4.69) is 10.3 Å². The summed E-state index contributed by atoms with van der Waals surface area (Å²) in [5.74, 6) is -1.84. The molecule has 7 nitrogen and oxygen atoms in total. The Morgan fingerprint density at radius 3 is 2.62 bits per heavy atom. The van der Waals surface area contributed by atoms with Gasteiger partial charge in [-0.2, -0.15) is 0 Å². The molecular weight excluding hydrogens is 481 g/mol. The van der Waals surface area contributed by atoms with Gasteiger partial charge in [-0.05, 0) is 43.2 Å². The number of ether oxygens (including phenoxy) is 1. The van der Waals surface area contributed by atoms with Crippen LogP contribution in [0.15, 0.2) is 47.8 Å². The van der Waals surface area contributed by atoms with Gasteiger partial charge in [-0.3, -0.25) is 9.59 Å². The zero-order valence-corrected chi connectivity index (χ0v) is 19.8. The molecule has 1 N–H and O–H groups in total. The molecular formula is C24H21ClFN3O4S. The summed E-state index contributed by atoms with van der Waals surface area (Å²) in [5, 5.41) is 5.33. The predicted molar refractivity (Wildman–Crippen MR) is 127 cm³/mol. The van der Waals surface area contributed by atoms with E-state index >= 15 is 0 Å². The number of amides is 2. The molecule has 34 heavy (non-hydrogen) atoms. The number of thiazole rings is 1. The van der Waals surface area contributed by atoms with Crippen LogP contribution in [0.3, 0.4) is 0 Å². The van der Waals surface area contributed by atoms with Crippen LogP contribution in [0, 0.1) is 5.82 Å². The van der Waals surface area contributed by atoms with Gasteiger partial charge in [0.05, 0.1) is 28.3 Å². The molecule has 0 radical (unpaired) electrons. The van der Waals surface area contributed by atoms with Crippen molar-refractivity contribution in [3.05, 3.63) is 80.5 Å². The minimum Gasteiger partial charge on any atom is -0.465 e. The van der Waals surface area contributed by atoms with Gasteiger partial charge in [0.1, 0.15) is 11.5 Å². The number of halogens is 2. The van der Waals surface area contributed by atoms with E-state index in [-0.39, 0.29) is 28.1 Å². The van der Waals surface area contributed by atoms with Crippen LogP contribution in [0.2, 0.25) is 5.02 Å². The van der Waals surface area contributed by atoms with Gasteiger partial charge in [-0.15, -0.1) is 11.3 Å². The Morgan fingerprint density at radius 1 is 1.18 bits per heavy atom. The molecule has 4 rings (SSSR count). The molecule has 2 aromatic carbocycles. The highest BCUT2D eigenvalue weighted by atomic mass is 35.5. The third kappa shape index (κ3) is 5.10. The van der Waals surface area contributed by atoms with Crippen molar-refractivity contribution in [3.8, 4) is 0 Å². The number of rotatable bonds is 5. The molecule has 1 aliphatic heterocycles. The molecule has 1 fully saturated rings. The lowest BCUT2D eigenvalue weighted by molar-refractivity contribution is 0.0600. The molecule has 0 spiro atoms. The van der Waals surface area contributed by atoms with Crippen molar-refractivity contribution in [3.63, 3.8) is 0 Å². The minimum atomic E-state index is -0.632. The SMILES string of the molecule is COC(=O)c1cccc(NC(=O)c2csc(C3CCN(C(=O)c4c(F)cccc4Cl)CC3)n2)c1. The maximum atomic E-state index is 14.1. The fourth-order valence-corrected chi connectivity index (χ4v) is 5.02.